The second-order valence-corrected chi connectivity index (χ2v) is 3.98. The Labute approximate surface area is 78.4 Å². The molecule has 0 fully saturated rings. The molecule has 0 unspecified atom stereocenters. The number of hydrogen-bond acceptors (Lipinski definition) is 3. The van der Waals surface area contributed by atoms with E-state index in [2.05, 4.69) is 0 Å². The molecule has 74 valence electrons. The third-order valence-corrected chi connectivity index (χ3v) is 2.41. The molecule has 0 heterocycles. The predicted molar refractivity (Wildman–Crippen MR) is 49.3 cm³/mol. The summed E-state index contributed by atoms with van der Waals surface area (Å²) < 4.78 is 5.17. The summed E-state index contributed by atoms with van der Waals surface area (Å²) in [5, 5.41) is 9.79. The average molecular weight is 184 g/mol. The van der Waals surface area contributed by atoms with Gasteiger partial charge >= 0.3 is 0 Å². The molecule has 0 saturated carbocycles. The molecule has 0 aliphatic heterocycles. The van der Waals surface area contributed by atoms with Gasteiger partial charge < -0.3 is 9.84 Å². The van der Waals surface area contributed by atoms with Crippen LogP contribution >= 0.6 is 0 Å². The smallest absolute Gasteiger partial charge is 0.157 e. The second-order valence-electron chi connectivity index (χ2n) is 3.98. The van der Waals surface area contributed by atoms with Crippen LogP contribution in [0, 0.1) is 5.92 Å². The molecule has 0 bridgehead atoms. The number of hydrogen-bond donors (Lipinski definition) is 1. The normalized spacial score (nSPS) is 29.4. The zero-order chi connectivity index (χ0) is 10.1. The van der Waals surface area contributed by atoms with Crippen molar-refractivity contribution >= 4 is 5.78 Å². The molecule has 3 heteroatoms. The number of ketones is 1. The van der Waals surface area contributed by atoms with Gasteiger partial charge in [-0.2, -0.15) is 0 Å². The van der Waals surface area contributed by atoms with Crippen molar-refractivity contribution in [2.24, 2.45) is 5.92 Å². The molecule has 0 saturated heterocycles. The summed E-state index contributed by atoms with van der Waals surface area (Å²) in [5.41, 5.74) is -0.835. The molecule has 0 aromatic carbocycles. The van der Waals surface area contributed by atoms with E-state index in [1.165, 1.54) is 6.08 Å². The van der Waals surface area contributed by atoms with Gasteiger partial charge in [-0.05, 0) is 19.9 Å². The van der Waals surface area contributed by atoms with Crippen LogP contribution in [0.1, 0.15) is 20.3 Å². The highest BCUT2D eigenvalue weighted by molar-refractivity contribution is 5.91. The summed E-state index contributed by atoms with van der Waals surface area (Å²) in [6.45, 7) is 3.45. The van der Waals surface area contributed by atoms with E-state index in [9.17, 15) is 9.90 Å². The summed E-state index contributed by atoms with van der Waals surface area (Å²) in [4.78, 5) is 11.1. The number of rotatable bonds is 2. The Morgan fingerprint density at radius 2 is 2.23 bits per heavy atom. The largest absolute Gasteiger partial charge is 0.390 e. The van der Waals surface area contributed by atoms with Crippen molar-refractivity contribution in [3.05, 3.63) is 12.2 Å². The number of carbonyl (C=O) groups excluding carboxylic acids is 1. The Hall–Kier alpha value is -0.670. The molecule has 1 N–H and O–H groups in total. The lowest BCUT2D eigenvalue weighted by Crippen LogP contribution is -2.41. The zero-order valence-electron chi connectivity index (χ0n) is 8.28. The number of methoxy groups -OCH3 is 1. The van der Waals surface area contributed by atoms with Crippen LogP contribution in [0.5, 0.6) is 0 Å². The van der Waals surface area contributed by atoms with Gasteiger partial charge in [0.25, 0.3) is 0 Å². The third-order valence-electron chi connectivity index (χ3n) is 2.41. The lowest BCUT2D eigenvalue weighted by Gasteiger charge is -2.34. The van der Waals surface area contributed by atoms with Gasteiger partial charge in [-0.15, -0.1) is 0 Å². The molecule has 0 radical (unpaired) electrons. The molecule has 1 aliphatic carbocycles. The SMILES string of the molecule is CO[C@H]1CC(=O)C=C[C@@H]1C(C)(C)O. The first-order valence-electron chi connectivity index (χ1n) is 4.41. The quantitative estimate of drug-likeness (QED) is 0.694. The van der Waals surface area contributed by atoms with E-state index >= 15 is 0 Å². The van der Waals surface area contributed by atoms with Crippen molar-refractivity contribution < 1.29 is 14.6 Å². The minimum Gasteiger partial charge on any atom is -0.390 e. The highest BCUT2D eigenvalue weighted by atomic mass is 16.5. The molecule has 0 aromatic heterocycles. The van der Waals surface area contributed by atoms with E-state index in [1.807, 2.05) is 0 Å². The van der Waals surface area contributed by atoms with E-state index < -0.39 is 5.60 Å². The van der Waals surface area contributed by atoms with E-state index in [0.717, 1.165) is 0 Å². The first-order chi connectivity index (χ1) is 5.95. The molecule has 1 rings (SSSR count). The van der Waals surface area contributed by atoms with Crippen molar-refractivity contribution in [3.63, 3.8) is 0 Å². The number of carbonyl (C=O) groups is 1. The Morgan fingerprint density at radius 3 is 2.69 bits per heavy atom. The van der Waals surface area contributed by atoms with Crippen LogP contribution in [0.15, 0.2) is 12.2 Å². The van der Waals surface area contributed by atoms with Crippen LogP contribution in [-0.2, 0) is 9.53 Å². The van der Waals surface area contributed by atoms with Crippen LogP contribution in [0.25, 0.3) is 0 Å². The number of aliphatic hydroxyl groups is 1. The average Bonchev–Trinajstić information content (AvgIpc) is 2.01. The lowest BCUT2D eigenvalue weighted by atomic mass is 9.80. The summed E-state index contributed by atoms with van der Waals surface area (Å²) in [7, 11) is 1.57. The van der Waals surface area contributed by atoms with Gasteiger partial charge in [-0.25, -0.2) is 0 Å². The fourth-order valence-corrected chi connectivity index (χ4v) is 1.65. The predicted octanol–water partition coefficient (Wildman–Crippen LogP) is 0.917. The van der Waals surface area contributed by atoms with Crippen molar-refractivity contribution in [1.29, 1.82) is 0 Å². The number of ether oxygens (including phenoxy) is 1. The van der Waals surface area contributed by atoms with Crippen LogP contribution < -0.4 is 0 Å². The van der Waals surface area contributed by atoms with Crippen LogP contribution in [0.3, 0.4) is 0 Å². The molecule has 1 aliphatic rings. The second kappa shape index (κ2) is 3.60. The van der Waals surface area contributed by atoms with Gasteiger partial charge in [0.15, 0.2) is 5.78 Å². The molecule has 0 amide bonds. The summed E-state index contributed by atoms with van der Waals surface area (Å²) in [6.07, 6.45) is 3.43. The monoisotopic (exact) mass is 184 g/mol. The van der Waals surface area contributed by atoms with Crippen molar-refractivity contribution in [3.8, 4) is 0 Å². The molecule has 3 nitrogen and oxygen atoms in total. The Kier molecular flexibility index (Phi) is 2.88. The highest BCUT2D eigenvalue weighted by Crippen LogP contribution is 2.28. The zero-order valence-corrected chi connectivity index (χ0v) is 8.28. The fourth-order valence-electron chi connectivity index (χ4n) is 1.65. The van der Waals surface area contributed by atoms with E-state index in [0.29, 0.717) is 6.42 Å². The lowest BCUT2D eigenvalue weighted by molar-refractivity contribution is -0.121. The van der Waals surface area contributed by atoms with Crippen LogP contribution in [0.4, 0.5) is 0 Å². The standard InChI is InChI=1S/C10H16O3/c1-10(2,12)8-5-4-7(11)6-9(8)13-3/h4-5,8-9,12H,6H2,1-3H3/t8-,9-/m0/s1. The maximum Gasteiger partial charge on any atom is 0.157 e. The molecular formula is C10H16O3. The summed E-state index contributed by atoms with van der Waals surface area (Å²) in [6, 6.07) is 0. The van der Waals surface area contributed by atoms with Crippen LogP contribution in [-0.4, -0.2) is 29.7 Å². The first-order valence-corrected chi connectivity index (χ1v) is 4.41. The van der Waals surface area contributed by atoms with E-state index in [-0.39, 0.29) is 17.8 Å². The van der Waals surface area contributed by atoms with Crippen molar-refractivity contribution in [1.82, 2.24) is 0 Å². The Morgan fingerprint density at radius 1 is 1.62 bits per heavy atom. The topological polar surface area (TPSA) is 46.5 Å². The summed E-state index contributed by atoms with van der Waals surface area (Å²) >= 11 is 0. The molecular weight excluding hydrogens is 168 g/mol. The minimum atomic E-state index is -0.835. The van der Waals surface area contributed by atoms with Gasteiger partial charge in [0.05, 0.1) is 11.7 Å². The molecule has 0 spiro atoms. The van der Waals surface area contributed by atoms with Gasteiger partial charge in [0.2, 0.25) is 0 Å². The maximum atomic E-state index is 11.1. The highest BCUT2D eigenvalue weighted by Gasteiger charge is 2.35. The summed E-state index contributed by atoms with van der Waals surface area (Å²) in [5.74, 6) is -0.0393. The molecule has 0 aromatic rings. The van der Waals surface area contributed by atoms with E-state index in [1.54, 1.807) is 27.0 Å². The minimum absolute atomic E-state index is 0.0624. The van der Waals surface area contributed by atoms with Gasteiger partial charge in [0, 0.05) is 19.4 Å². The third kappa shape index (κ3) is 2.39. The van der Waals surface area contributed by atoms with Crippen molar-refractivity contribution in [2.75, 3.05) is 7.11 Å². The van der Waals surface area contributed by atoms with Gasteiger partial charge in [-0.3, -0.25) is 4.79 Å². The van der Waals surface area contributed by atoms with Crippen LogP contribution in [0.2, 0.25) is 0 Å². The van der Waals surface area contributed by atoms with E-state index in [4.69, 9.17) is 4.74 Å². The fraction of sp³-hybridized carbons (Fsp3) is 0.700. The van der Waals surface area contributed by atoms with Gasteiger partial charge in [0.1, 0.15) is 0 Å². The maximum absolute atomic E-state index is 11.1. The Balaban J connectivity index is 2.83. The van der Waals surface area contributed by atoms with Gasteiger partial charge in [-0.1, -0.05) is 6.08 Å². The molecule has 2 atom stereocenters. The molecule has 13 heavy (non-hydrogen) atoms. The number of allylic oxidation sites excluding steroid dienone is 1. The van der Waals surface area contributed by atoms with Crippen molar-refractivity contribution in [2.45, 2.75) is 32.0 Å². The Bertz CT molecular complexity index is 225. The first kappa shape index (κ1) is 10.4.